The van der Waals surface area contributed by atoms with Gasteiger partial charge < -0.3 is 4.74 Å². The van der Waals surface area contributed by atoms with Gasteiger partial charge in [0.05, 0.1) is 13.2 Å². The molecule has 0 fully saturated rings. The summed E-state index contributed by atoms with van der Waals surface area (Å²) in [5, 5.41) is 3.55. The molecule has 0 aliphatic heterocycles. The summed E-state index contributed by atoms with van der Waals surface area (Å²) >= 11 is 0. The Hall–Kier alpha value is -1.93. The lowest BCUT2D eigenvalue weighted by Gasteiger charge is -2.03. The fraction of sp³-hybridized carbons (Fsp3) is 0.273. The molecule has 0 bridgehead atoms. The summed E-state index contributed by atoms with van der Waals surface area (Å²) in [7, 11) is 1.63. The fourth-order valence-electron chi connectivity index (χ4n) is 1.17. The van der Waals surface area contributed by atoms with E-state index in [1.807, 2.05) is 43.3 Å². The van der Waals surface area contributed by atoms with Crippen LogP contribution < -0.4 is 4.74 Å². The van der Waals surface area contributed by atoms with Crippen LogP contribution in [0.4, 0.5) is 0 Å². The first kappa shape index (κ1) is 11.1. The van der Waals surface area contributed by atoms with Crippen molar-refractivity contribution in [3.05, 3.63) is 46.3 Å². The van der Waals surface area contributed by atoms with Crippen molar-refractivity contribution in [3.8, 4) is 5.75 Å². The van der Waals surface area contributed by atoms with Gasteiger partial charge in [-0.05, 0) is 11.6 Å². The monoisotopic (exact) mass is 203 g/mol. The van der Waals surface area contributed by atoms with Gasteiger partial charge in [0, 0.05) is 10.5 Å². The van der Waals surface area contributed by atoms with E-state index in [2.05, 4.69) is 10.0 Å². The number of benzene rings is 1. The van der Waals surface area contributed by atoms with Crippen LogP contribution in [0.3, 0.4) is 0 Å². The van der Waals surface area contributed by atoms with Gasteiger partial charge in [-0.25, -0.2) is 0 Å². The van der Waals surface area contributed by atoms with Gasteiger partial charge in [0.1, 0.15) is 5.75 Å². The molecule has 15 heavy (non-hydrogen) atoms. The molecule has 0 amide bonds. The Balaban J connectivity index is 2.83. The van der Waals surface area contributed by atoms with E-state index in [4.69, 9.17) is 10.3 Å². The zero-order chi connectivity index (χ0) is 11.1. The molecule has 1 unspecified atom stereocenters. The highest BCUT2D eigenvalue weighted by molar-refractivity contribution is 5.57. The lowest BCUT2D eigenvalue weighted by atomic mass is 10.1. The molecule has 1 atom stereocenters. The van der Waals surface area contributed by atoms with Crippen molar-refractivity contribution in [2.75, 3.05) is 7.11 Å². The summed E-state index contributed by atoms with van der Waals surface area (Å²) in [6, 6.07) is 7.52. The summed E-state index contributed by atoms with van der Waals surface area (Å²) < 4.78 is 5.18. The number of hydrogen-bond donors (Lipinski definition) is 0. The van der Waals surface area contributed by atoms with Gasteiger partial charge in [0.25, 0.3) is 0 Å². The Morgan fingerprint density at radius 2 is 2.20 bits per heavy atom. The minimum Gasteiger partial charge on any atom is -0.496 e. The van der Waals surface area contributed by atoms with Crippen LogP contribution in [0.2, 0.25) is 0 Å². The fourth-order valence-corrected chi connectivity index (χ4v) is 1.17. The van der Waals surface area contributed by atoms with Crippen LogP contribution in [-0.2, 0) is 0 Å². The van der Waals surface area contributed by atoms with E-state index in [1.165, 1.54) is 0 Å². The maximum atomic E-state index is 8.23. The molecule has 0 radical (unpaired) electrons. The van der Waals surface area contributed by atoms with E-state index in [0.717, 1.165) is 11.3 Å². The molecule has 0 heterocycles. The molecule has 0 saturated heterocycles. The van der Waals surface area contributed by atoms with E-state index in [-0.39, 0.29) is 6.04 Å². The molecule has 0 N–H and O–H groups in total. The zero-order valence-corrected chi connectivity index (χ0v) is 8.79. The average Bonchev–Trinajstić information content (AvgIpc) is 2.27. The SMILES string of the molecule is COc1ccccc1/C=C/C(C)N=[N+]=[N-]. The molecule has 0 saturated carbocycles. The number of ether oxygens (including phenoxy) is 1. The number of azide groups is 1. The van der Waals surface area contributed by atoms with Gasteiger partial charge in [-0.2, -0.15) is 0 Å². The van der Waals surface area contributed by atoms with Crippen LogP contribution in [0, 0.1) is 0 Å². The van der Waals surface area contributed by atoms with Gasteiger partial charge in [-0.3, -0.25) is 0 Å². The molecule has 1 aromatic rings. The Kier molecular flexibility index (Phi) is 4.26. The molecule has 1 rings (SSSR count). The van der Waals surface area contributed by atoms with Crippen LogP contribution in [0.1, 0.15) is 12.5 Å². The normalized spacial score (nSPS) is 12.1. The minimum atomic E-state index is -0.153. The molecular formula is C11H13N3O. The van der Waals surface area contributed by atoms with Crippen LogP contribution >= 0.6 is 0 Å². The first-order valence-corrected chi connectivity index (χ1v) is 4.63. The van der Waals surface area contributed by atoms with Crippen molar-refractivity contribution in [1.29, 1.82) is 0 Å². The minimum absolute atomic E-state index is 0.153. The molecule has 0 aliphatic rings. The third kappa shape index (κ3) is 3.37. The largest absolute Gasteiger partial charge is 0.496 e. The molecule has 4 heteroatoms. The summed E-state index contributed by atoms with van der Waals surface area (Å²) in [5.41, 5.74) is 9.21. The second kappa shape index (κ2) is 5.73. The van der Waals surface area contributed by atoms with Crippen molar-refractivity contribution >= 4 is 6.08 Å². The van der Waals surface area contributed by atoms with Gasteiger partial charge in [-0.1, -0.05) is 42.4 Å². The van der Waals surface area contributed by atoms with Gasteiger partial charge in [0.2, 0.25) is 0 Å². The van der Waals surface area contributed by atoms with E-state index in [1.54, 1.807) is 7.11 Å². The van der Waals surface area contributed by atoms with E-state index >= 15 is 0 Å². The quantitative estimate of drug-likeness (QED) is 0.420. The molecule has 78 valence electrons. The highest BCUT2D eigenvalue weighted by Gasteiger charge is 1.97. The summed E-state index contributed by atoms with van der Waals surface area (Å²) in [4.78, 5) is 2.73. The predicted octanol–water partition coefficient (Wildman–Crippen LogP) is 3.41. The molecule has 4 nitrogen and oxygen atoms in total. The third-order valence-electron chi connectivity index (χ3n) is 1.93. The summed E-state index contributed by atoms with van der Waals surface area (Å²) in [6.45, 7) is 1.83. The Labute approximate surface area is 88.8 Å². The summed E-state index contributed by atoms with van der Waals surface area (Å²) in [6.07, 6.45) is 3.72. The van der Waals surface area contributed by atoms with E-state index in [0.29, 0.717) is 0 Å². The molecular weight excluding hydrogens is 190 g/mol. The van der Waals surface area contributed by atoms with Crippen molar-refractivity contribution < 1.29 is 4.74 Å². The second-order valence-corrected chi connectivity index (χ2v) is 3.05. The number of nitrogens with zero attached hydrogens (tertiary/aromatic N) is 3. The van der Waals surface area contributed by atoms with Gasteiger partial charge in [-0.15, -0.1) is 0 Å². The topological polar surface area (TPSA) is 58.0 Å². The maximum absolute atomic E-state index is 8.23. The number of methoxy groups -OCH3 is 1. The number of hydrogen-bond acceptors (Lipinski definition) is 2. The van der Waals surface area contributed by atoms with Crippen molar-refractivity contribution in [3.63, 3.8) is 0 Å². The Morgan fingerprint density at radius 3 is 2.87 bits per heavy atom. The lowest BCUT2D eigenvalue weighted by molar-refractivity contribution is 0.414. The third-order valence-corrected chi connectivity index (χ3v) is 1.93. The maximum Gasteiger partial charge on any atom is 0.126 e. The highest BCUT2D eigenvalue weighted by Crippen LogP contribution is 2.18. The van der Waals surface area contributed by atoms with Gasteiger partial charge in [0.15, 0.2) is 0 Å². The van der Waals surface area contributed by atoms with E-state index in [9.17, 15) is 0 Å². The Bertz CT molecular complexity index is 395. The van der Waals surface area contributed by atoms with Gasteiger partial charge >= 0.3 is 0 Å². The standard InChI is InChI=1S/C11H13N3O/c1-9(13-14-12)7-8-10-5-3-4-6-11(10)15-2/h3-9H,1-2H3/b8-7+. The van der Waals surface area contributed by atoms with Crippen molar-refractivity contribution in [1.82, 2.24) is 0 Å². The van der Waals surface area contributed by atoms with Crippen LogP contribution in [0.25, 0.3) is 16.5 Å². The summed E-state index contributed by atoms with van der Waals surface area (Å²) in [5.74, 6) is 0.807. The predicted molar refractivity (Wildman–Crippen MR) is 60.6 cm³/mol. The van der Waals surface area contributed by atoms with Crippen LogP contribution in [-0.4, -0.2) is 13.2 Å². The lowest BCUT2D eigenvalue weighted by Crippen LogP contribution is -1.90. The highest BCUT2D eigenvalue weighted by atomic mass is 16.5. The van der Waals surface area contributed by atoms with Crippen molar-refractivity contribution in [2.24, 2.45) is 5.11 Å². The van der Waals surface area contributed by atoms with E-state index < -0.39 is 0 Å². The first-order valence-electron chi connectivity index (χ1n) is 4.63. The van der Waals surface area contributed by atoms with Crippen molar-refractivity contribution in [2.45, 2.75) is 13.0 Å². The molecule has 0 aromatic heterocycles. The van der Waals surface area contributed by atoms with Crippen LogP contribution in [0.5, 0.6) is 5.75 Å². The average molecular weight is 203 g/mol. The van der Waals surface area contributed by atoms with Crippen LogP contribution in [0.15, 0.2) is 35.5 Å². The first-order chi connectivity index (χ1) is 7.27. The number of rotatable bonds is 4. The molecule has 1 aromatic carbocycles. The zero-order valence-electron chi connectivity index (χ0n) is 8.79. The Morgan fingerprint density at radius 1 is 1.47 bits per heavy atom. The molecule has 0 spiro atoms. The second-order valence-electron chi connectivity index (χ2n) is 3.05. The number of para-hydroxylation sites is 1. The smallest absolute Gasteiger partial charge is 0.126 e. The molecule has 0 aliphatic carbocycles.